The van der Waals surface area contributed by atoms with Gasteiger partial charge in [0.05, 0.1) is 6.61 Å². The third-order valence-electron chi connectivity index (χ3n) is 2.62. The minimum absolute atomic E-state index is 0.0839. The number of ether oxygens (including phenoxy) is 1. The number of hydrogen-bond donors (Lipinski definition) is 2. The van der Waals surface area contributed by atoms with E-state index < -0.39 is 11.6 Å². The summed E-state index contributed by atoms with van der Waals surface area (Å²) < 4.78 is 5.34. The highest BCUT2D eigenvalue weighted by Crippen LogP contribution is 2.21. The molecule has 0 aliphatic heterocycles. The van der Waals surface area contributed by atoms with Crippen molar-refractivity contribution in [1.82, 2.24) is 0 Å². The first kappa shape index (κ1) is 13.5. The van der Waals surface area contributed by atoms with E-state index in [1.807, 2.05) is 19.9 Å². The van der Waals surface area contributed by atoms with Crippen LogP contribution >= 0.6 is 0 Å². The van der Waals surface area contributed by atoms with Crippen molar-refractivity contribution < 1.29 is 19.7 Å². The zero-order chi connectivity index (χ0) is 13.1. The molecule has 4 heteroatoms. The number of carbonyl (C=O) groups is 1. The molecule has 0 saturated heterocycles. The van der Waals surface area contributed by atoms with Crippen molar-refractivity contribution in [2.45, 2.75) is 32.8 Å². The number of rotatable bonds is 5. The van der Waals surface area contributed by atoms with Crippen molar-refractivity contribution in [3.63, 3.8) is 0 Å². The molecule has 0 saturated carbocycles. The van der Waals surface area contributed by atoms with Gasteiger partial charge in [0.15, 0.2) is 5.60 Å². The van der Waals surface area contributed by atoms with Crippen LogP contribution in [0.25, 0.3) is 0 Å². The molecule has 0 heterocycles. The maximum absolute atomic E-state index is 10.8. The van der Waals surface area contributed by atoms with Crippen molar-refractivity contribution in [1.29, 1.82) is 0 Å². The normalized spacial score (nSPS) is 14.1. The lowest BCUT2D eigenvalue weighted by Crippen LogP contribution is -2.37. The summed E-state index contributed by atoms with van der Waals surface area (Å²) in [7, 11) is 0. The molecule has 2 N–H and O–H groups in total. The van der Waals surface area contributed by atoms with Gasteiger partial charge in [-0.1, -0.05) is 6.07 Å². The molecule has 0 aliphatic rings. The van der Waals surface area contributed by atoms with Crippen LogP contribution in [-0.4, -0.2) is 28.4 Å². The average molecular weight is 238 g/mol. The molecule has 1 rings (SSSR count). The molecule has 0 aromatic heterocycles. The average Bonchev–Trinajstić information content (AvgIpc) is 2.22. The summed E-state index contributed by atoms with van der Waals surface area (Å²) >= 11 is 0. The second kappa shape index (κ2) is 5.19. The van der Waals surface area contributed by atoms with Crippen molar-refractivity contribution in [2.24, 2.45) is 0 Å². The Morgan fingerprint density at radius 3 is 2.59 bits per heavy atom. The van der Waals surface area contributed by atoms with Crippen molar-refractivity contribution in [2.75, 3.05) is 6.61 Å². The highest BCUT2D eigenvalue weighted by atomic mass is 16.5. The first-order valence-electron chi connectivity index (χ1n) is 5.55. The maximum atomic E-state index is 10.8. The van der Waals surface area contributed by atoms with Crippen molar-refractivity contribution >= 4 is 5.97 Å². The Hall–Kier alpha value is -1.55. The van der Waals surface area contributed by atoms with Gasteiger partial charge in [-0.3, -0.25) is 0 Å². The highest BCUT2D eigenvalue weighted by molar-refractivity contribution is 5.77. The SMILES string of the molecule is CCOc1ccc(CC(C)(O)C(=O)O)c(C)c1. The molecule has 0 radical (unpaired) electrons. The Morgan fingerprint density at radius 2 is 2.12 bits per heavy atom. The van der Waals surface area contributed by atoms with E-state index in [9.17, 15) is 9.90 Å². The van der Waals surface area contributed by atoms with E-state index in [1.54, 1.807) is 12.1 Å². The quantitative estimate of drug-likeness (QED) is 0.820. The predicted molar refractivity (Wildman–Crippen MR) is 64.3 cm³/mol. The first-order chi connectivity index (χ1) is 7.86. The van der Waals surface area contributed by atoms with Crippen molar-refractivity contribution in [3.8, 4) is 5.75 Å². The summed E-state index contributed by atoms with van der Waals surface area (Å²) in [4.78, 5) is 10.8. The maximum Gasteiger partial charge on any atom is 0.335 e. The molecule has 1 aromatic carbocycles. The van der Waals surface area contributed by atoms with Crippen LogP contribution in [0, 0.1) is 6.92 Å². The van der Waals surface area contributed by atoms with Gasteiger partial charge in [0.25, 0.3) is 0 Å². The Labute approximate surface area is 101 Å². The number of benzene rings is 1. The third-order valence-corrected chi connectivity index (χ3v) is 2.62. The fraction of sp³-hybridized carbons (Fsp3) is 0.462. The predicted octanol–water partition coefficient (Wildman–Crippen LogP) is 1.77. The van der Waals surface area contributed by atoms with Crippen LogP contribution in [0.3, 0.4) is 0 Å². The van der Waals surface area contributed by atoms with Gasteiger partial charge in [0, 0.05) is 6.42 Å². The number of carboxylic acids is 1. The fourth-order valence-electron chi connectivity index (χ4n) is 1.57. The molecule has 1 unspecified atom stereocenters. The molecule has 17 heavy (non-hydrogen) atoms. The molecule has 0 fully saturated rings. The van der Waals surface area contributed by atoms with Crippen molar-refractivity contribution in [3.05, 3.63) is 29.3 Å². The molecule has 0 spiro atoms. The van der Waals surface area contributed by atoms with E-state index in [-0.39, 0.29) is 6.42 Å². The fourth-order valence-corrected chi connectivity index (χ4v) is 1.57. The lowest BCUT2D eigenvalue weighted by Gasteiger charge is -2.19. The molecule has 0 bridgehead atoms. The first-order valence-corrected chi connectivity index (χ1v) is 5.55. The summed E-state index contributed by atoms with van der Waals surface area (Å²) in [6, 6.07) is 5.41. The Kier molecular flexibility index (Phi) is 4.12. The minimum atomic E-state index is -1.74. The summed E-state index contributed by atoms with van der Waals surface area (Å²) in [5.74, 6) is -0.463. The molecular weight excluding hydrogens is 220 g/mol. The lowest BCUT2D eigenvalue weighted by atomic mass is 9.94. The number of aliphatic carboxylic acids is 1. The van der Waals surface area contributed by atoms with Gasteiger partial charge < -0.3 is 14.9 Å². The molecule has 4 nitrogen and oxygen atoms in total. The van der Waals surface area contributed by atoms with E-state index in [1.165, 1.54) is 6.92 Å². The Bertz CT molecular complexity index is 410. The zero-order valence-electron chi connectivity index (χ0n) is 10.4. The Morgan fingerprint density at radius 1 is 1.47 bits per heavy atom. The van der Waals surface area contributed by atoms with Crippen LogP contribution in [0.5, 0.6) is 5.75 Å². The van der Waals surface area contributed by atoms with Crippen LogP contribution in [-0.2, 0) is 11.2 Å². The smallest absolute Gasteiger partial charge is 0.335 e. The van der Waals surface area contributed by atoms with E-state index in [4.69, 9.17) is 9.84 Å². The number of carboxylic acid groups (broad SMARTS) is 1. The zero-order valence-corrected chi connectivity index (χ0v) is 10.4. The van der Waals surface area contributed by atoms with Crippen LogP contribution < -0.4 is 4.74 Å². The summed E-state index contributed by atoms with van der Waals surface area (Å²) in [5.41, 5.74) is -0.0175. The molecule has 0 amide bonds. The standard InChI is InChI=1S/C13H18O4/c1-4-17-11-6-5-10(9(2)7-11)8-13(3,16)12(14)15/h5-7,16H,4,8H2,1-3H3,(H,14,15). The Balaban J connectivity index is 2.90. The second-order valence-electron chi connectivity index (χ2n) is 4.28. The molecule has 1 atom stereocenters. The van der Waals surface area contributed by atoms with Crippen LogP contribution in [0.2, 0.25) is 0 Å². The van der Waals surface area contributed by atoms with Gasteiger partial charge in [0.2, 0.25) is 0 Å². The molecule has 0 aliphatic carbocycles. The van der Waals surface area contributed by atoms with Gasteiger partial charge in [-0.25, -0.2) is 4.79 Å². The monoisotopic (exact) mass is 238 g/mol. The van der Waals surface area contributed by atoms with Gasteiger partial charge >= 0.3 is 5.97 Å². The number of aryl methyl sites for hydroxylation is 1. The number of hydrogen-bond acceptors (Lipinski definition) is 3. The number of aliphatic hydroxyl groups is 1. The van der Waals surface area contributed by atoms with Crippen LogP contribution in [0.4, 0.5) is 0 Å². The van der Waals surface area contributed by atoms with E-state index in [2.05, 4.69) is 0 Å². The van der Waals surface area contributed by atoms with Crippen LogP contribution in [0.15, 0.2) is 18.2 Å². The lowest BCUT2D eigenvalue weighted by molar-refractivity contribution is -0.156. The molecule has 1 aromatic rings. The van der Waals surface area contributed by atoms with Gasteiger partial charge in [0.1, 0.15) is 5.75 Å². The summed E-state index contributed by atoms with van der Waals surface area (Å²) in [6.45, 7) is 5.66. The van der Waals surface area contributed by atoms with E-state index in [0.29, 0.717) is 6.61 Å². The largest absolute Gasteiger partial charge is 0.494 e. The molecule has 94 valence electrons. The highest BCUT2D eigenvalue weighted by Gasteiger charge is 2.30. The third kappa shape index (κ3) is 3.46. The summed E-state index contributed by atoms with van der Waals surface area (Å²) in [5, 5.41) is 18.6. The topological polar surface area (TPSA) is 66.8 Å². The van der Waals surface area contributed by atoms with E-state index >= 15 is 0 Å². The molecular formula is C13H18O4. The van der Waals surface area contributed by atoms with Crippen LogP contribution in [0.1, 0.15) is 25.0 Å². The van der Waals surface area contributed by atoms with Gasteiger partial charge in [-0.2, -0.15) is 0 Å². The van der Waals surface area contributed by atoms with E-state index in [0.717, 1.165) is 16.9 Å². The van der Waals surface area contributed by atoms with Gasteiger partial charge in [-0.15, -0.1) is 0 Å². The minimum Gasteiger partial charge on any atom is -0.494 e. The summed E-state index contributed by atoms with van der Waals surface area (Å²) in [6.07, 6.45) is 0.0839. The van der Waals surface area contributed by atoms with Gasteiger partial charge in [-0.05, 0) is 44.0 Å². The second-order valence-corrected chi connectivity index (χ2v) is 4.28.